The van der Waals surface area contributed by atoms with Gasteiger partial charge in [0.15, 0.2) is 0 Å². The van der Waals surface area contributed by atoms with E-state index in [2.05, 4.69) is 39.6 Å². The normalized spacial score (nSPS) is 23.8. The predicted octanol–water partition coefficient (Wildman–Crippen LogP) is 3.72. The molecule has 100 valence electrons. The first-order valence-electron chi connectivity index (χ1n) is 6.77. The van der Waals surface area contributed by atoms with Crippen LogP contribution in [0.1, 0.15) is 40.5 Å². The molecule has 1 saturated heterocycles. The summed E-state index contributed by atoms with van der Waals surface area (Å²) >= 11 is 0. The third kappa shape index (κ3) is 2.69. The van der Waals surface area contributed by atoms with E-state index in [0.29, 0.717) is 6.10 Å². The van der Waals surface area contributed by atoms with Gasteiger partial charge in [0.1, 0.15) is 11.9 Å². The Kier molecular flexibility index (Phi) is 3.41. The molecule has 0 spiro atoms. The summed E-state index contributed by atoms with van der Waals surface area (Å²) in [5, 5.41) is 0. The number of benzene rings is 1. The molecule has 0 saturated carbocycles. The number of hydrogen-bond donors (Lipinski definition) is 0. The van der Waals surface area contributed by atoms with Gasteiger partial charge in [0.05, 0.1) is 0 Å². The van der Waals surface area contributed by atoms with Gasteiger partial charge in [-0.3, -0.25) is 4.90 Å². The molecule has 0 aliphatic carbocycles. The molecule has 1 aliphatic rings. The minimum absolute atomic E-state index is 0.182. The standard InChI is InChI=1S/C16H25NO/c1-15(2)11-14(12-16(3,4)17(15)5)18-13-9-7-6-8-10-13/h6-10,14H,11-12H2,1-5H3. The maximum atomic E-state index is 6.15. The van der Waals surface area contributed by atoms with Crippen LogP contribution in [-0.2, 0) is 0 Å². The lowest BCUT2D eigenvalue weighted by molar-refractivity contribution is -0.0556. The highest BCUT2D eigenvalue weighted by molar-refractivity contribution is 5.21. The van der Waals surface area contributed by atoms with Gasteiger partial charge in [0, 0.05) is 23.9 Å². The van der Waals surface area contributed by atoms with Crippen LogP contribution >= 0.6 is 0 Å². The van der Waals surface area contributed by atoms with Crippen molar-refractivity contribution in [3.8, 4) is 5.75 Å². The van der Waals surface area contributed by atoms with Crippen molar-refractivity contribution in [1.82, 2.24) is 4.90 Å². The minimum atomic E-state index is 0.182. The Morgan fingerprint density at radius 2 is 1.50 bits per heavy atom. The quantitative estimate of drug-likeness (QED) is 0.790. The Bertz CT molecular complexity index is 379. The van der Waals surface area contributed by atoms with Gasteiger partial charge in [0.25, 0.3) is 0 Å². The topological polar surface area (TPSA) is 12.5 Å². The molecule has 2 rings (SSSR count). The van der Waals surface area contributed by atoms with Crippen LogP contribution in [-0.4, -0.2) is 29.1 Å². The van der Waals surface area contributed by atoms with Crippen LogP contribution in [0, 0.1) is 0 Å². The predicted molar refractivity (Wildman–Crippen MR) is 76.0 cm³/mol. The van der Waals surface area contributed by atoms with Gasteiger partial charge in [-0.15, -0.1) is 0 Å². The van der Waals surface area contributed by atoms with Crippen molar-refractivity contribution in [3.05, 3.63) is 30.3 Å². The average molecular weight is 247 g/mol. The van der Waals surface area contributed by atoms with E-state index < -0.39 is 0 Å². The summed E-state index contributed by atoms with van der Waals surface area (Å²) in [4.78, 5) is 2.48. The number of rotatable bonds is 2. The second-order valence-electron chi connectivity index (χ2n) is 6.65. The summed E-state index contributed by atoms with van der Waals surface area (Å²) in [6.45, 7) is 9.20. The first-order chi connectivity index (χ1) is 8.31. The lowest BCUT2D eigenvalue weighted by Gasteiger charge is -2.53. The lowest BCUT2D eigenvalue weighted by Crippen LogP contribution is -2.60. The Morgan fingerprint density at radius 1 is 1.00 bits per heavy atom. The van der Waals surface area contributed by atoms with Crippen molar-refractivity contribution >= 4 is 0 Å². The summed E-state index contributed by atoms with van der Waals surface area (Å²) in [5.41, 5.74) is 0.363. The molecule has 1 aliphatic heterocycles. The van der Waals surface area contributed by atoms with Crippen molar-refractivity contribution in [2.45, 2.75) is 57.7 Å². The van der Waals surface area contributed by atoms with E-state index in [4.69, 9.17) is 4.74 Å². The maximum absolute atomic E-state index is 6.15. The third-order valence-electron chi connectivity index (χ3n) is 4.32. The molecule has 0 atom stereocenters. The van der Waals surface area contributed by atoms with Gasteiger partial charge in [-0.25, -0.2) is 0 Å². The zero-order chi connectivity index (χ0) is 13.4. The SMILES string of the molecule is CN1C(C)(C)CC(Oc2ccccc2)CC1(C)C. The summed E-state index contributed by atoms with van der Waals surface area (Å²) in [5.74, 6) is 0.985. The summed E-state index contributed by atoms with van der Waals surface area (Å²) in [6, 6.07) is 10.2. The molecule has 2 heteroatoms. The first-order valence-corrected chi connectivity index (χ1v) is 6.77. The molecule has 1 heterocycles. The van der Waals surface area contributed by atoms with Gasteiger partial charge < -0.3 is 4.74 Å². The second kappa shape index (κ2) is 4.58. The summed E-state index contributed by atoms with van der Waals surface area (Å²) < 4.78 is 6.15. The highest BCUT2D eigenvalue weighted by Crippen LogP contribution is 2.38. The molecule has 0 unspecified atom stereocenters. The van der Waals surface area contributed by atoms with E-state index in [1.165, 1.54) is 0 Å². The summed E-state index contributed by atoms with van der Waals surface area (Å²) in [7, 11) is 2.22. The largest absolute Gasteiger partial charge is 0.490 e. The number of nitrogens with zero attached hydrogens (tertiary/aromatic N) is 1. The van der Waals surface area contributed by atoms with Gasteiger partial charge in [-0.05, 0) is 46.9 Å². The number of likely N-dealkylation sites (tertiary alicyclic amines) is 1. The fourth-order valence-corrected chi connectivity index (χ4v) is 3.05. The second-order valence-corrected chi connectivity index (χ2v) is 6.65. The molecule has 2 nitrogen and oxygen atoms in total. The maximum Gasteiger partial charge on any atom is 0.119 e. The minimum Gasteiger partial charge on any atom is -0.490 e. The van der Waals surface area contributed by atoms with Crippen molar-refractivity contribution in [1.29, 1.82) is 0 Å². The fourth-order valence-electron chi connectivity index (χ4n) is 3.05. The number of piperidine rings is 1. The average Bonchev–Trinajstić information content (AvgIpc) is 2.26. The van der Waals surface area contributed by atoms with Crippen LogP contribution in [0.2, 0.25) is 0 Å². The van der Waals surface area contributed by atoms with Crippen LogP contribution in [0.3, 0.4) is 0 Å². The number of ether oxygens (including phenoxy) is 1. The van der Waals surface area contributed by atoms with Gasteiger partial charge in [-0.2, -0.15) is 0 Å². The van der Waals surface area contributed by atoms with E-state index in [9.17, 15) is 0 Å². The van der Waals surface area contributed by atoms with E-state index in [0.717, 1.165) is 18.6 Å². The monoisotopic (exact) mass is 247 g/mol. The van der Waals surface area contributed by atoms with E-state index in [1.807, 2.05) is 30.3 Å². The fraction of sp³-hybridized carbons (Fsp3) is 0.625. The van der Waals surface area contributed by atoms with Gasteiger partial charge in [-0.1, -0.05) is 18.2 Å². The zero-order valence-electron chi connectivity index (χ0n) is 12.2. The van der Waals surface area contributed by atoms with Crippen molar-refractivity contribution in [2.75, 3.05) is 7.05 Å². The molecule has 0 aromatic heterocycles. The van der Waals surface area contributed by atoms with Gasteiger partial charge >= 0.3 is 0 Å². The van der Waals surface area contributed by atoms with Crippen LogP contribution < -0.4 is 4.74 Å². The Morgan fingerprint density at radius 3 is 2.00 bits per heavy atom. The number of para-hydroxylation sites is 1. The van der Waals surface area contributed by atoms with E-state index >= 15 is 0 Å². The Hall–Kier alpha value is -1.02. The molecular weight excluding hydrogens is 222 g/mol. The molecule has 0 bridgehead atoms. The van der Waals surface area contributed by atoms with E-state index in [-0.39, 0.29) is 11.1 Å². The molecule has 0 amide bonds. The van der Waals surface area contributed by atoms with Crippen molar-refractivity contribution < 1.29 is 4.74 Å². The van der Waals surface area contributed by atoms with Crippen LogP contribution in [0.15, 0.2) is 30.3 Å². The Labute approximate surface area is 111 Å². The third-order valence-corrected chi connectivity index (χ3v) is 4.32. The Balaban J connectivity index is 2.12. The molecule has 1 aromatic carbocycles. The molecule has 0 N–H and O–H groups in total. The zero-order valence-corrected chi connectivity index (χ0v) is 12.2. The molecule has 1 fully saturated rings. The van der Waals surface area contributed by atoms with Gasteiger partial charge in [0.2, 0.25) is 0 Å². The lowest BCUT2D eigenvalue weighted by atomic mass is 9.79. The highest BCUT2D eigenvalue weighted by Gasteiger charge is 2.43. The van der Waals surface area contributed by atoms with Crippen LogP contribution in [0.4, 0.5) is 0 Å². The molecule has 18 heavy (non-hydrogen) atoms. The molecular formula is C16H25NO. The van der Waals surface area contributed by atoms with Crippen molar-refractivity contribution in [3.63, 3.8) is 0 Å². The van der Waals surface area contributed by atoms with Crippen molar-refractivity contribution in [2.24, 2.45) is 0 Å². The molecule has 0 radical (unpaired) electrons. The smallest absolute Gasteiger partial charge is 0.119 e. The first kappa shape index (κ1) is 13.4. The highest BCUT2D eigenvalue weighted by atomic mass is 16.5. The van der Waals surface area contributed by atoms with Crippen LogP contribution in [0.5, 0.6) is 5.75 Å². The van der Waals surface area contributed by atoms with Crippen LogP contribution in [0.25, 0.3) is 0 Å². The number of hydrogen-bond acceptors (Lipinski definition) is 2. The van der Waals surface area contributed by atoms with E-state index in [1.54, 1.807) is 0 Å². The summed E-state index contributed by atoms with van der Waals surface area (Å²) in [6.07, 6.45) is 2.44. The molecule has 1 aromatic rings.